The van der Waals surface area contributed by atoms with E-state index in [0.29, 0.717) is 0 Å². The zero-order valence-electron chi connectivity index (χ0n) is 9.14. The minimum absolute atomic E-state index is 0.00765. The SMILES string of the molecule is COc1cc(C(F)(F)F)c(CCCO)cc1Cl. The third kappa shape index (κ3) is 3.51. The van der Waals surface area contributed by atoms with Crippen LogP contribution in [0.1, 0.15) is 17.5 Å². The van der Waals surface area contributed by atoms with E-state index in [0.717, 1.165) is 6.07 Å². The summed E-state index contributed by atoms with van der Waals surface area (Å²) in [4.78, 5) is 0. The summed E-state index contributed by atoms with van der Waals surface area (Å²) in [6, 6.07) is 2.12. The van der Waals surface area contributed by atoms with Crippen LogP contribution in [0.2, 0.25) is 5.02 Å². The molecular formula is C11H12ClF3O2. The number of ether oxygens (including phenoxy) is 1. The number of benzene rings is 1. The van der Waals surface area contributed by atoms with Crippen molar-refractivity contribution in [3.63, 3.8) is 0 Å². The average molecular weight is 269 g/mol. The number of halogens is 4. The molecule has 0 radical (unpaired) electrons. The van der Waals surface area contributed by atoms with Gasteiger partial charge in [-0.15, -0.1) is 0 Å². The van der Waals surface area contributed by atoms with Crippen molar-refractivity contribution in [2.75, 3.05) is 13.7 Å². The fraction of sp³-hybridized carbons (Fsp3) is 0.455. The van der Waals surface area contributed by atoms with Crippen molar-refractivity contribution in [3.8, 4) is 5.75 Å². The van der Waals surface area contributed by atoms with Gasteiger partial charge in [0.25, 0.3) is 0 Å². The number of aliphatic hydroxyl groups excluding tert-OH is 1. The molecule has 0 aliphatic rings. The minimum Gasteiger partial charge on any atom is -0.495 e. The average Bonchev–Trinajstić information content (AvgIpc) is 2.24. The van der Waals surface area contributed by atoms with Crippen molar-refractivity contribution in [1.82, 2.24) is 0 Å². The highest BCUT2D eigenvalue weighted by Crippen LogP contribution is 2.38. The third-order valence-corrected chi connectivity index (χ3v) is 2.58. The molecule has 1 aromatic carbocycles. The van der Waals surface area contributed by atoms with Crippen LogP contribution in [-0.2, 0) is 12.6 Å². The van der Waals surface area contributed by atoms with Gasteiger partial charge in [-0.05, 0) is 30.5 Å². The van der Waals surface area contributed by atoms with Crippen LogP contribution in [-0.4, -0.2) is 18.8 Å². The molecular weight excluding hydrogens is 257 g/mol. The van der Waals surface area contributed by atoms with E-state index >= 15 is 0 Å². The molecule has 96 valence electrons. The highest BCUT2D eigenvalue weighted by molar-refractivity contribution is 6.32. The zero-order chi connectivity index (χ0) is 13.1. The molecule has 0 saturated carbocycles. The fourth-order valence-electron chi connectivity index (χ4n) is 1.49. The van der Waals surface area contributed by atoms with Crippen molar-refractivity contribution in [3.05, 3.63) is 28.3 Å². The van der Waals surface area contributed by atoms with Crippen LogP contribution < -0.4 is 4.74 Å². The highest BCUT2D eigenvalue weighted by atomic mass is 35.5. The molecule has 6 heteroatoms. The van der Waals surface area contributed by atoms with Crippen LogP contribution in [0.3, 0.4) is 0 Å². The van der Waals surface area contributed by atoms with Gasteiger partial charge >= 0.3 is 6.18 Å². The van der Waals surface area contributed by atoms with Crippen LogP contribution in [0.4, 0.5) is 13.2 Å². The van der Waals surface area contributed by atoms with Gasteiger partial charge in [0.15, 0.2) is 0 Å². The van der Waals surface area contributed by atoms with Crippen molar-refractivity contribution < 1.29 is 23.0 Å². The number of hydrogen-bond donors (Lipinski definition) is 1. The monoisotopic (exact) mass is 268 g/mol. The lowest BCUT2D eigenvalue weighted by Gasteiger charge is -2.15. The number of hydrogen-bond acceptors (Lipinski definition) is 2. The van der Waals surface area contributed by atoms with E-state index in [1.165, 1.54) is 13.2 Å². The third-order valence-electron chi connectivity index (χ3n) is 2.29. The predicted octanol–water partition coefficient (Wildman–Crippen LogP) is 3.29. The molecule has 1 N–H and O–H groups in total. The molecule has 0 amide bonds. The van der Waals surface area contributed by atoms with E-state index in [4.69, 9.17) is 21.4 Å². The molecule has 0 atom stereocenters. The van der Waals surface area contributed by atoms with Gasteiger partial charge in [0.05, 0.1) is 17.7 Å². The minimum atomic E-state index is -4.46. The van der Waals surface area contributed by atoms with Crippen LogP contribution >= 0.6 is 11.6 Å². The van der Waals surface area contributed by atoms with E-state index in [9.17, 15) is 13.2 Å². The molecule has 0 aliphatic heterocycles. The van der Waals surface area contributed by atoms with Crippen LogP contribution in [0.15, 0.2) is 12.1 Å². The van der Waals surface area contributed by atoms with E-state index in [1.54, 1.807) is 0 Å². The topological polar surface area (TPSA) is 29.5 Å². The van der Waals surface area contributed by atoms with Gasteiger partial charge in [-0.3, -0.25) is 0 Å². The fourth-order valence-corrected chi connectivity index (χ4v) is 1.75. The van der Waals surface area contributed by atoms with Gasteiger partial charge in [0.2, 0.25) is 0 Å². The molecule has 1 rings (SSSR count). The molecule has 0 spiro atoms. The number of aliphatic hydroxyl groups is 1. The van der Waals surface area contributed by atoms with Crippen molar-refractivity contribution in [1.29, 1.82) is 0 Å². The molecule has 0 bridgehead atoms. The van der Waals surface area contributed by atoms with Gasteiger partial charge in [-0.25, -0.2) is 0 Å². The van der Waals surface area contributed by atoms with Gasteiger partial charge < -0.3 is 9.84 Å². The summed E-state index contributed by atoms with van der Waals surface area (Å²) in [6.07, 6.45) is -4.08. The Hall–Kier alpha value is -0.940. The molecule has 1 aromatic rings. The second kappa shape index (κ2) is 5.60. The Morgan fingerprint density at radius 2 is 2.00 bits per heavy atom. The van der Waals surface area contributed by atoms with Gasteiger partial charge in [0.1, 0.15) is 5.75 Å². The summed E-state index contributed by atoms with van der Waals surface area (Å²) in [5.74, 6) is -0.00765. The molecule has 17 heavy (non-hydrogen) atoms. The molecule has 0 saturated heterocycles. The van der Waals surface area contributed by atoms with Crippen molar-refractivity contribution in [2.24, 2.45) is 0 Å². The highest BCUT2D eigenvalue weighted by Gasteiger charge is 2.34. The second-order valence-electron chi connectivity index (χ2n) is 3.47. The normalized spacial score (nSPS) is 11.6. The maximum Gasteiger partial charge on any atom is 0.416 e. The van der Waals surface area contributed by atoms with E-state index in [2.05, 4.69) is 0 Å². The summed E-state index contributed by atoms with van der Waals surface area (Å²) >= 11 is 5.78. The van der Waals surface area contributed by atoms with Crippen LogP contribution in [0, 0.1) is 0 Å². The van der Waals surface area contributed by atoms with Gasteiger partial charge in [-0.1, -0.05) is 11.6 Å². The Morgan fingerprint density at radius 3 is 2.47 bits per heavy atom. The summed E-state index contributed by atoms with van der Waals surface area (Å²) < 4.78 is 43.0. The summed E-state index contributed by atoms with van der Waals surface area (Å²) in [5, 5.41) is 8.79. The van der Waals surface area contributed by atoms with E-state index in [1.807, 2.05) is 0 Å². The van der Waals surface area contributed by atoms with Crippen molar-refractivity contribution >= 4 is 11.6 Å². The lowest BCUT2D eigenvalue weighted by atomic mass is 10.0. The predicted molar refractivity (Wildman–Crippen MR) is 58.4 cm³/mol. The molecule has 0 aromatic heterocycles. The largest absolute Gasteiger partial charge is 0.495 e. The van der Waals surface area contributed by atoms with E-state index in [-0.39, 0.29) is 35.8 Å². The first-order valence-corrected chi connectivity index (χ1v) is 5.32. The lowest BCUT2D eigenvalue weighted by molar-refractivity contribution is -0.138. The smallest absolute Gasteiger partial charge is 0.416 e. The first kappa shape index (κ1) is 14.1. The standard InChI is InChI=1S/C11H12ClF3O2/c1-17-10-6-8(11(13,14)15)7(3-2-4-16)5-9(10)12/h5-6,16H,2-4H2,1H3. The number of alkyl halides is 3. The quantitative estimate of drug-likeness (QED) is 0.908. The summed E-state index contributed by atoms with van der Waals surface area (Å²) in [5.41, 5.74) is -0.704. The first-order chi connectivity index (χ1) is 7.90. The van der Waals surface area contributed by atoms with Crippen molar-refractivity contribution in [2.45, 2.75) is 19.0 Å². The van der Waals surface area contributed by atoms with Gasteiger partial charge in [-0.2, -0.15) is 13.2 Å². The molecule has 2 nitrogen and oxygen atoms in total. The maximum absolute atomic E-state index is 12.8. The molecule has 0 aliphatic carbocycles. The van der Waals surface area contributed by atoms with Crippen LogP contribution in [0.25, 0.3) is 0 Å². The second-order valence-corrected chi connectivity index (χ2v) is 3.88. The van der Waals surface area contributed by atoms with Gasteiger partial charge in [0, 0.05) is 6.61 Å². The Labute approximate surface area is 102 Å². The van der Waals surface area contributed by atoms with Crippen LogP contribution in [0.5, 0.6) is 5.75 Å². The number of rotatable bonds is 4. The maximum atomic E-state index is 12.8. The Kier molecular flexibility index (Phi) is 4.65. The molecule has 0 fully saturated rings. The Bertz CT molecular complexity index is 391. The number of aryl methyl sites for hydroxylation is 1. The first-order valence-electron chi connectivity index (χ1n) is 4.94. The molecule has 0 unspecified atom stereocenters. The Balaban J connectivity index is 3.21. The summed E-state index contributed by atoms with van der Waals surface area (Å²) in [6.45, 7) is -0.166. The van der Waals surface area contributed by atoms with E-state index < -0.39 is 11.7 Å². The molecule has 0 heterocycles. The number of methoxy groups -OCH3 is 1. The lowest BCUT2D eigenvalue weighted by Crippen LogP contribution is -2.10. The zero-order valence-corrected chi connectivity index (χ0v) is 9.90. The summed E-state index contributed by atoms with van der Waals surface area (Å²) in [7, 11) is 1.26. The Morgan fingerprint density at radius 1 is 1.35 bits per heavy atom.